The van der Waals surface area contributed by atoms with Gasteiger partial charge in [0.15, 0.2) is 5.78 Å². The predicted octanol–water partition coefficient (Wildman–Crippen LogP) is 5.11. The second-order valence-electron chi connectivity index (χ2n) is 4.17. The first-order valence-electron chi connectivity index (χ1n) is 5.96. The van der Waals surface area contributed by atoms with Crippen molar-refractivity contribution < 1.29 is 4.79 Å². The molecule has 0 N–H and O–H groups in total. The van der Waals surface area contributed by atoms with Crippen LogP contribution in [0.15, 0.2) is 62.0 Å². The fraction of sp³-hybridized carbons (Fsp3) is 0.133. The zero-order valence-electron chi connectivity index (χ0n) is 10.1. The van der Waals surface area contributed by atoms with Gasteiger partial charge in [0.1, 0.15) is 0 Å². The van der Waals surface area contributed by atoms with Gasteiger partial charge in [0.05, 0.1) is 0 Å². The van der Waals surface area contributed by atoms with Crippen molar-refractivity contribution in [3.63, 3.8) is 0 Å². The molecular formula is C15H11ClOS2. The van der Waals surface area contributed by atoms with Gasteiger partial charge in [-0.15, -0.1) is 11.6 Å². The van der Waals surface area contributed by atoms with E-state index < -0.39 is 0 Å². The Bertz CT molecular complexity index is 640. The van der Waals surface area contributed by atoms with Crippen LogP contribution in [-0.4, -0.2) is 11.7 Å². The monoisotopic (exact) mass is 306 g/mol. The lowest BCUT2D eigenvalue weighted by Gasteiger charge is -2.18. The zero-order chi connectivity index (χ0) is 13.2. The van der Waals surface area contributed by atoms with Crippen LogP contribution in [0.25, 0.3) is 0 Å². The molecule has 0 unspecified atom stereocenters. The molecule has 0 aliphatic carbocycles. The van der Waals surface area contributed by atoms with Gasteiger partial charge in [-0.1, -0.05) is 41.7 Å². The fourth-order valence-corrected chi connectivity index (χ4v) is 4.36. The summed E-state index contributed by atoms with van der Waals surface area (Å²) in [6.07, 6.45) is 0.398. The van der Waals surface area contributed by atoms with Crippen LogP contribution in [0.3, 0.4) is 0 Å². The van der Waals surface area contributed by atoms with E-state index in [-0.39, 0.29) is 5.78 Å². The number of ketones is 1. The summed E-state index contributed by atoms with van der Waals surface area (Å²) in [6.45, 7) is 0. The minimum atomic E-state index is 0.113. The highest BCUT2D eigenvalue weighted by molar-refractivity contribution is 8.05. The molecule has 0 aromatic heterocycles. The lowest BCUT2D eigenvalue weighted by Crippen LogP contribution is -2.01. The second kappa shape index (κ2) is 5.61. The van der Waals surface area contributed by atoms with Crippen molar-refractivity contribution in [3.8, 4) is 0 Å². The van der Waals surface area contributed by atoms with Crippen LogP contribution in [0.4, 0.5) is 0 Å². The molecule has 1 aliphatic heterocycles. The maximum absolute atomic E-state index is 11.9. The smallest absolute Gasteiger partial charge is 0.164 e. The third-order valence-electron chi connectivity index (χ3n) is 2.88. The third kappa shape index (κ3) is 2.69. The van der Waals surface area contributed by atoms with Gasteiger partial charge in [0, 0.05) is 37.4 Å². The number of hydrogen-bond acceptors (Lipinski definition) is 3. The van der Waals surface area contributed by atoms with Gasteiger partial charge in [0.25, 0.3) is 0 Å². The summed E-state index contributed by atoms with van der Waals surface area (Å²) in [6, 6.07) is 14.2. The number of rotatable bonds is 3. The lowest BCUT2D eigenvalue weighted by molar-refractivity contribution is 0.0989. The number of carbonyl (C=O) groups excluding carboxylic acids is 1. The number of Topliss-reactive ketones (excluding diaryl/α,β-unsaturated/α-hetero) is 1. The van der Waals surface area contributed by atoms with E-state index in [4.69, 9.17) is 11.6 Å². The summed E-state index contributed by atoms with van der Waals surface area (Å²) < 4.78 is 0. The molecule has 0 amide bonds. The summed E-state index contributed by atoms with van der Waals surface area (Å²) in [4.78, 5) is 16.8. The number of carbonyl (C=O) groups is 1. The molecule has 19 heavy (non-hydrogen) atoms. The highest BCUT2D eigenvalue weighted by Crippen LogP contribution is 2.48. The third-order valence-corrected chi connectivity index (χ3v) is 5.61. The van der Waals surface area contributed by atoms with Crippen LogP contribution in [0.2, 0.25) is 0 Å². The van der Waals surface area contributed by atoms with E-state index >= 15 is 0 Å². The van der Waals surface area contributed by atoms with Crippen LogP contribution >= 0.6 is 35.1 Å². The van der Waals surface area contributed by atoms with E-state index in [1.54, 1.807) is 23.5 Å². The van der Waals surface area contributed by atoms with Crippen molar-refractivity contribution in [1.29, 1.82) is 0 Å². The van der Waals surface area contributed by atoms with Gasteiger partial charge < -0.3 is 0 Å². The van der Waals surface area contributed by atoms with E-state index in [0.29, 0.717) is 12.3 Å². The number of benzene rings is 2. The van der Waals surface area contributed by atoms with Gasteiger partial charge >= 0.3 is 0 Å². The largest absolute Gasteiger partial charge is 0.294 e. The van der Waals surface area contributed by atoms with Gasteiger partial charge in [0.2, 0.25) is 0 Å². The van der Waals surface area contributed by atoms with Crippen LogP contribution in [0.5, 0.6) is 0 Å². The molecular weight excluding hydrogens is 296 g/mol. The van der Waals surface area contributed by atoms with Crippen molar-refractivity contribution in [2.45, 2.75) is 26.0 Å². The summed E-state index contributed by atoms with van der Waals surface area (Å²) in [5, 5.41) is 0. The number of hydrogen-bond donors (Lipinski definition) is 0. The molecule has 0 bridgehead atoms. The number of alkyl halides is 1. The molecule has 0 spiro atoms. The lowest BCUT2D eigenvalue weighted by atomic mass is 10.1. The maximum Gasteiger partial charge on any atom is 0.164 e. The van der Waals surface area contributed by atoms with Crippen molar-refractivity contribution in [3.05, 3.63) is 48.0 Å². The molecule has 0 radical (unpaired) electrons. The van der Waals surface area contributed by atoms with Crippen LogP contribution in [-0.2, 0) is 0 Å². The molecule has 3 rings (SSSR count). The summed E-state index contributed by atoms with van der Waals surface area (Å²) in [5.41, 5.74) is 0.756. The van der Waals surface area contributed by atoms with Crippen LogP contribution in [0, 0.1) is 0 Å². The highest BCUT2D eigenvalue weighted by Gasteiger charge is 2.18. The molecule has 1 aliphatic rings. The van der Waals surface area contributed by atoms with E-state index in [1.807, 2.05) is 24.3 Å². The first kappa shape index (κ1) is 13.1. The Hall–Kier alpha value is -0.900. The SMILES string of the molecule is O=C(CCCl)c1ccc2c(c1)Sc1ccccc1S2. The molecule has 0 saturated heterocycles. The Balaban J connectivity index is 1.94. The molecule has 0 atom stereocenters. The fourth-order valence-electron chi connectivity index (χ4n) is 1.93. The Morgan fingerprint density at radius 1 is 0.947 bits per heavy atom. The molecule has 2 aromatic carbocycles. The number of fused-ring (bicyclic) bond motifs is 2. The predicted molar refractivity (Wildman–Crippen MR) is 80.8 cm³/mol. The van der Waals surface area contributed by atoms with Crippen molar-refractivity contribution in [1.82, 2.24) is 0 Å². The summed E-state index contributed by atoms with van der Waals surface area (Å²) in [5.74, 6) is 0.489. The van der Waals surface area contributed by atoms with E-state index in [2.05, 4.69) is 18.2 Å². The van der Waals surface area contributed by atoms with E-state index in [1.165, 1.54) is 14.7 Å². The average molecular weight is 307 g/mol. The molecule has 0 saturated carbocycles. The molecule has 0 fully saturated rings. The Morgan fingerprint density at radius 3 is 2.26 bits per heavy atom. The minimum Gasteiger partial charge on any atom is -0.294 e. The Morgan fingerprint density at radius 2 is 1.58 bits per heavy atom. The van der Waals surface area contributed by atoms with Crippen LogP contribution in [0.1, 0.15) is 16.8 Å². The average Bonchev–Trinajstić information content (AvgIpc) is 2.44. The van der Waals surface area contributed by atoms with E-state index in [0.717, 1.165) is 10.5 Å². The van der Waals surface area contributed by atoms with Crippen LogP contribution < -0.4 is 0 Å². The first-order valence-corrected chi connectivity index (χ1v) is 8.12. The second-order valence-corrected chi connectivity index (χ2v) is 6.72. The summed E-state index contributed by atoms with van der Waals surface area (Å²) in [7, 11) is 0. The first-order chi connectivity index (χ1) is 9.28. The Kier molecular flexibility index (Phi) is 3.87. The summed E-state index contributed by atoms with van der Waals surface area (Å²) >= 11 is 9.11. The molecule has 4 heteroatoms. The maximum atomic E-state index is 11.9. The Labute approximate surface area is 125 Å². The van der Waals surface area contributed by atoms with Gasteiger partial charge in [-0.2, -0.15) is 0 Å². The van der Waals surface area contributed by atoms with Crippen molar-refractivity contribution in [2.75, 3.05) is 5.88 Å². The molecule has 1 nitrogen and oxygen atoms in total. The topological polar surface area (TPSA) is 17.1 Å². The molecule has 1 heterocycles. The highest BCUT2D eigenvalue weighted by atomic mass is 35.5. The molecule has 2 aromatic rings. The van der Waals surface area contributed by atoms with Gasteiger partial charge in [-0.3, -0.25) is 4.79 Å². The van der Waals surface area contributed by atoms with Gasteiger partial charge in [-0.25, -0.2) is 0 Å². The minimum absolute atomic E-state index is 0.113. The quantitative estimate of drug-likeness (QED) is 0.494. The number of halogens is 1. The normalized spacial score (nSPS) is 12.7. The molecule has 96 valence electrons. The van der Waals surface area contributed by atoms with Crippen molar-refractivity contribution >= 4 is 40.9 Å². The standard InChI is InChI=1S/C15H11ClOS2/c16-8-7-11(17)10-5-6-14-15(9-10)19-13-4-2-1-3-12(13)18-14/h1-6,9H,7-8H2. The zero-order valence-corrected chi connectivity index (χ0v) is 12.4. The van der Waals surface area contributed by atoms with E-state index in [9.17, 15) is 4.79 Å². The van der Waals surface area contributed by atoms with Gasteiger partial charge in [-0.05, 0) is 24.3 Å². The van der Waals surface area contributed by atoms with Crippen molar-refractivity contribution in [2.24, 2.45) is 0 Å².